The third kappa shape index (κ3) is 3.31. The molecule has 1 aliphatic heterocycles. The molecule has 2 aromatic rings. The Balaban J connectivity index is 1.73. The van der Waals surface area contributed by atoms with E-state index in [1.54, 1.807) is 25.5 Å². The number of hydrogen-bond donors (Lipinski definition) is 0. The number of anilines is 1. The highest BCUT2D eigenvalue weighted by Gasteiger charge is 2.18. The lowest BCUT2D eigenvalue weighted by atomic mass is 10.0. The van der Waals surface area contributed by atoms with E-state index < -0.39 is 11.6 Å². The number of aromatic nitrogens is 2. The molecule has 0 aliphatic carbocycles. The van der Waals surface area contributed by atoms with Gasteiger partial charge < -0.3 is 9.47 Å². The average molecular weight is 317 g/mol. The van der Waals surface area contributed by atoms with Gasteiger partial charge in [-0.3, -0.25) is 4.79 Å². The summed E-state index contributed by atoms with van der Waals surface area (Å²) in [5.41, 5.74) is 1.70. The van der Waals surface area contributed by atoms with Crippen molar-refractivity contribution in [2.45, 2.75) is 12.8 Å². The van der Waals surface area contributed by atoms with E-state index in [0.717, 1.165) is 24.5 Å². The number of benzene rings is 1. The van der Waals surface area contributed by atoms with Crippen LogP contribution in [0.2, 0.25) is 0 Å². The highest BCUT2D eigenvalue weighted by Crippen LogP contribution is 2.22. The van der Waals surface area contributed by atoms with E-state index in [4.69, 9.17) is 0 Å². The molecular weight excluding hydrogens is 300 g/mol. The van der Waals surface area contributed by atoms with E-state index in [2.05, 4.69) is 4.98 Å². The summed E-state index contributed by atoms with van der Waals surface area (Å²) in [7, 11) is 1.70. The molecule has 0 N–H and O–H groups in total. The highest BCUT2D eigenvalue weighted by atomic mass is 19.2. The summed E-state index contributed by atoms with van der Waals surface area (Å²) in [5, 5.41) is 0. The van der Waals surface area contributed by atoms with Crippen molar-refractivity contribution in [1.29, 1.82) is 0 Å². The first kappa shape index (κ1) is 15.4. The van der Waals surface area contributed by atoms with Gasteiger partial charge in [0, 0.05) is 32.5 Å². The second-order valence-corrected chi connectivity index (χ2v) is 5.63. The molecule has 120 valence electrons. The number of halogens is 2. The maximum absolute atomic E-state index is 13.2. The SMILES string of the molecule is Cn1ccnc(N2CCC(=Cc3ccc(F)c(F)c3)CC2)c1=O. The number of hydrogen-bond acceptors (Lipinski definition) is 3. The zero-order valence-electron chi connectivity index (χ0n) is 12.8. The van der Waals surface area contributed by atoms with Crippen molar-refractivity contribution in [3.63, 3.8) is 0 Å². The molecule has 1 aliphatic rings. The summed E-state index contributed by atoms with van der Waals surface area (Å²) in [6, 6.07) is 3.89. The molecule has 4 nitrogen and oxygen atoms in total. The predicted octanol–water partition coefficient (Wildman–Crippen LogP) is 2.74. The van der Waals surface area contributed by atoms with Gasteiger partial charge in [-0.1, -0.05) is 17.7 Å². The summed E-state index contributed by atoms with van der Waals surface area (Å²) >= 11 is 0. The van der Waals surface area contributed by atoms with Gasteiger partial charge >= 0.3 is 0 Å². The smallest absolute Gasteiger partial charge is 0.293 e. The van der Waals surface area contributed by atoms with Crippen LogP contribution in [0.1, 0.15) is 18.4 Å². The zero-order valence-corrected chi connectivity index (χ0v) is 12.8. The van der Waals surface area contributed by atoms with Gasteiger partial charge in [-0.2, -0.15) is 0 Å². The summed E-state index contributed by atoms with van der Waals surface area (Å²) in [6.07, 6.45) is 6.65. The minimum atomic E-state index is -0.840. The lowest BCUT2D eigenvalue weighted by molar-refractivity contribution is 0.508. The maximum Gasteiger partial charge on any atom is 0.293 e. The molecule has 1 aromatic heterocycles. The Morgan fingerprint density at radius 2 is 1.91 bits per heavy atom. The monoisotopic (exact) mass is 317 g/mol. The second kappa shape index (κ2) is 6.32. The van der Waals surface area contributed by atoms with Crippen molar-refractivity contribution in [3.8, 4) is 0 Å². The van der Waals surface area contributed by atoms with Gasteiger partial charge in [-0.25, -0.2) is 13.8 Å². The van der Waals surface area contributed by atoms with Crippen molar-refractivity contribution >= 4 is 11.9 Å². The first-order chi connectivity index (χ1) is 11.0. The van der Waals surface area contributed by atoms with Crippen LogP contribution in [0, 0.1) is 11.6 Å². The molecule has 1 saturated heterocycles. The van der Waals surface area contributed by atoms with Gasteiger partial charge in [0.05, 0.1) is 0 Å². The van der Waals surface area contributed by atoms with Gasteiger partial charge in [0.25, 0.3) is 5.56 Å². The Hall–Kier alpha value is -2.50. The molecule has 0 radical (unpaired) electrons. The van der Waals surface area contributed by atoms with Gasteiger partial charge in [0.2, 0.25) is 0 Å². The normalized spacial score (nSPS) is 14.9. The summed E-state index contributed by atoms with van der Waals surface area (Å²) in [4.78, 5) is 18.2. The molecule has 0 atom stereocenters. The van der Waals surface area contributed by atoms with Crippen molar-refractivity contribution in [3.05, 3.63) is 63.7 Å². The van der Waals surface area contributed by atoms with E-state index in [0.29, 0.717) is 24.5 Å². The first-order valence-corrected chi connectivity index (χ1v) is 7.45. The summed E-state index contributed by atoms with van der Waals surface area (Å²) < 4.78 is 27.7. The molecular formula is C17H17F2N3O. The largest absolute Gasteiger partial charge is 0.351 e. The zero-order chi connectivity index (χ0) is 16.4. The second-order valence-electron chi connectivity index (χ2n) is 5.63. The van der Waals surface area contributed by atoms with Gasteiger partial charge in [0.1, 0.15) is 0 Å². The summed E-state index contributed by atoms with van der Waals surface area (Å²) in [5.74, 6) is -1.22. The van der Waals surface area contributed by atoms with E-state index >= 15 is 0 Å². The molecule has 1 fully saturated rings. The van der Waals surface area contributed by atoms with E-state index in [1.807, 2.05) is 11.0 Å². The van der Waals surface area contributed by atoms with Crippen LogP contribution < -0.4 is 10.5 Å². The average Bonchev–Trinajstić information content (AvgIpc) is 2.55. The first-order valence-electron chi connectivity index (χ1n) is 7.45. The fraction of sp³-hybridized carbons (Fsp3) is 0.294. The van der Waals surface area contributed by atoms with Crippen LogP contribution in [0.5, 0.6) is 0 Å². The van der Waals surface area contributed by atoms with Crippen LogP contribution in [-0.2, 0) is 7.05 Å². The predicted molar refractivity (Wildman–Crippen MR) is 85.3 cm³/mol. The van der Waals surface area contributed by atoms with Gasteiger partial charge in [-0.05, 0) is 30.5 Å². The van der Waals surface area contributed by atoms with Crippen LogP contribution in [0.25, 0.3) is 6.08 Å². The van der Waals surface area contributed by atoms with Crippen molar-refractivity contribution < 1.29 is 8.78 Å². The molecule has 0 spiro atoms. The van der Waals surface area contributed by atoms with Crippen LogP contribution in [0.3, 0.4) is 0 Å². The molecule has 1 aromatic carbocycles. The molecule has 23 heavy (non-hydrogen) atoms. The van der Waals surface area contributed by atoms with E-state index in [-0.39, 0.29) is 5.56 Å². The molecule has 3 rings (SSSR count). The topological polar surface area (TPSA) is 38.1 Å². The Morgan fingerprint density at radius 3 is 2.61 bits per heavy atom. The number of piperidine rings is 1. The van der Waals surface area contributed by atoms with Crippen molar-refractivity contribution in [1.82, 2.24) is 9.55 Å². The molecule has 6 heteroatoms. The van der Waals surface area contributed by atoms with Gasteiger partial charge in [-0.15, -0.1) is 0 Å². The van der Waals surface area contributed by atoms with E-state index in [9.17, 15) is 13.6 Å². The number of aryl methyl sites for hydroxylation is 1. The van der Waals surface area contributed by atoms with Crippen molar-refractivity contribution in [2.75, 3.05) is 18.0 Å². The third-order valence-electron chi connectivity index (χ3n) is 4.02. The lowest BCUT2D eigenvalue weighted by Gasteiger charge is -2.29. The minimum Gasteiger partial charge on any atom is -0.351 e. The maximum atomic E-state index is 13.2. The molecule has 0 unspecified atom stereocenters. The Kier molecular flexibility index (Phi) is 4.23. The van der Waals surface area contributed by atoms with Crippen molar-refractivity contribution in [2.24, 2.45) is 7.05 Å². The number of nitrogens with zero attached hydrogens (tertiary/aromatic N) is 3. The highest BCUT2D eigenvalue weighted by molar-refractivity contribution is 5.54. The number of rotatable bonds is 2. The third-order valence-corrected chi connectivity index (χ3v) is 4.02. The molecule has 0 amide bonds. The Bertz CT molecular complexity index is 804. The van der Waals surface area contributed by atoms with Crippen LogP contribution in [0.4, 0.5) is 14.6 Å². The minimum absolute atomic E-state index is 0.111. The van der Waals surface area contributed by atoms with Crippen LogP contribution >= 0.6 is 0 Å². The quantitative estimate of drug-likeness (QED) is 0.855. The molecule has 2 heterocycles. The molecule has 0 saturated carbocycles. The van der Waals surface area contributed by atoms with Crippen LogP contribution in [-0.4, -0.2) is 22.6 Å². The summed E-state index contributed by atoms with van der Waals surface area (Å²) in [6.45, 7) is 1.36. The van der Waals surface area contributed by atoms with Gasteiger partial charge in [0.15, 0.2) is 17.5 Å². The molecule has 0 bridgehead atoms. The Morgan fingerprint density at radius 1 is 1.17 bits per heavy atom. The fourth-order valence-corrected chi connectivity index (χ4v) is 2.69. The lowest BCUT2D eigenvalue weighted by Crippen LogP contribution is -2.36. The van der Waals surface area contributed by atoms with E-state index in [1.165, 1.54) is 10.6 Å². The van der Waals surface area contributed by atoms with Crippen LogP contribution in [0.15, 0.2) is 41.0 Å². The standard InChI is InChI=1S/C17H17F2N3O/c1-21-9-6-20-16(17(21)23)22-7-4-12(5-8-22)10-13-2-3-14(18)15(19)11-13/h2-3,6,9-11H,4-5,7-8H2,1H3. The fourth-order valence-electron chi connectivity index (χ4n) is 2.69. The Labute approximate surface area is 132 Å².